The van der Waals surface area contributed by atoms with Crippen molar-refractivity contribution in [1.29, 1.82) is 0 Å². The van der Waals surface area contributed by atoms with Crippen LogP contribution in [0.15, 0.2) is 41.9 Å². The van der Waals surface area contributed by atoms with Gasteiger partial charge in [-0.3, -0.25) is 4.79 Å². The summed E-state index contributed by atoms with van der Waals surface area (Å²) in [6, 6.07) is 7.17. The predicted molar refractivity (Wildman–Crippen MR) is 92.8 cm³/mol. The van der Waals surface area contributed by atoms with Gasteiger partial charge in [-0.15, -0.1) is 11.3 Å². The minimum Gasteiger partial charge on any atom is -0.486 e. The molecule has 0 bridgehead atoms. The zero-order valence-electron chi connectivity index (χ0n) is 13.8. The van der Waals surface area contributed by atoms with Gasteiger partial charge in [0.2, 0.25) is 0 Å². The molecule has 0 saturated heterocycles. The van der Waals surface area contributed by atoms with E-state index in [-0.39, 0.29) is 30.5 Å². The average molecular weight is 374 g/mol. The maximum atomic E-state index is 12.8. The number of carbonyl (C=O) groups is 2. The molecule has 134 valence electrons. The molecule has 0 amide bonds. The van der Waals surface area contributed by atoms with Crippen molar-refractivity contribution in [2.24, 2.45) is 0 Å². The van der Waals surface area contributed by atoms with Crippen molar-refractivity contribution < 1.29 is 23.5 Å². The van der Waals surface area contributed by atoms with E-state index in [0.29, 0.717) is 22.0 Å². The lowest BCUT2D eigenvalue weighted by Crippen LogP contribution is -2.06. The third kappa shape index (κ3) is 4.54. The molecule has 0 atom stereocenters. The number of ketones is 1. The fourth-order valence-corrected chi connectivity index (χ4v) is 2.78. The molecule has 0 aliphatic carbocycles. The Morgan fingerprint density at radius 1 is 1.23 bits per heavy atom. The lowest BCUT2D eigenvalue weighted by atomic mass is 10.2. The van der Waals surface area contributed by atoms with Crippen LogP contribution in [0.5, 0.6) is 5.75 Å². The molecule has 3 aromatic rings. The lowest BCUT2D eigenvalue weighted by Gasteiger charge is -2.03. The number of H-pyrrole nitrogens is 1. The number of rotatable bonds is 7. The number of ether oxygens (including phenoxy) is 2. The summed E-state index contributed by atoms with van der Waals surface area (Å²) in [4.78, 5) is 30.2. The summed E-state index contributed by atoms with van der Waals surface area (Å²) in [7, 11) is 0. The van der Waals surface area contributed by atoms with E-state index >= 15 is 0 Å². The number of nitrogens with zero attached hydrogens (tertiary/aromatic N) is 1. The third-order valence-corrected chi connectivity index (χ3v) is 4.31. The summed E-state index contributed by atoms with van der Waals surface area (Å²) in [6.07, 6.45) is 1.46. The van der Waals surface area contributed by atoms with Crippen molar-refractivity contribution in [3.05, 3.63) is 69.7 Å². The van der Waals surface area contributed by atoms with Gasteiger partial charge in [-0.1, -0.05) is 0 Å². The molecule has 1 N–H and O–H groups in total. The molecule has 2 heterocycles. The molecule has 0 aliphatic rings. The van der Waals surface area contributed by atoms with E-state index in [0.717, 1.165) is 0 Å². The van der Waals surface area contributed by atoms with Crippen molar-refractivity contribution in [1.82, 2.24) is 9.97 Å². The van der Waals surface area contributed by atoms with Gasteiger partial charge in [0.15, 0.2) is 5.78 Å². The van der Waals surface area contributed by atoms with Gasteiger partial charge in [-0.25, -0.2) is 14.2 Å². The lowest BCUT2D eigenvalue weighted by molar-refractivity contribution is 0.0462. The average Bonchev–Trinajstić information content (AvgIpc) is 3.29. The zero-order valence-corrected chi connectivity index (χ0v) is 14.6. The van der Waals surface area contributed by atoms with Gasteiger partial charge in [-0.2, -0.15) is 0 Å². The molecular formula is C18H15FN2O4S. The molecule has 2 aromatic heterocycles. The third-order valence-electron chi connectivity index (χ3n) is 3.44. The van der Waals surface area contributed by atoms with Gasteiger partial charge in [0.1, 0.15) is 35.5 Å². The molecular weight excluding hydrogens is 359 g/mol. The molecule has 26 heavy (non-hydrogen) atoms. The number of esters is 1. The second kappa shape index (κ2) is 7.92. The minimum absolute atomic E-state index is 0.0142. The van der Waals surface area contributed by atoms with Gasteiger partial charge in [0, 0.05) is 17.1 Å². The Morgan fingerprint density at radius 3 is 2.69 bits per heavy atom. The van der Waals surface area contributed by atoms with E-state index in [9.17, 15) is 14.0 Å². The summed E-state index contributed by atoms with van der Waals surface area (Å²) >= 11 is 1.37. The number of thiazole rings is 1. The Labute approximate surface area is 152 Å². The highest BCUT2D eigenvalue weighted by molar-refractivity contribution is 7.09. The van der Waals surface area contributed by atoms with Crippen LogP contribution < -0.4 is 4.74 Å². The fourth-order valence-electron chi connectivity index (χ4n) is 2.09. The fraction of sp³-hybridized carbons (Fsp3) is 0.167. The first kappa shape index (κ1) is 17.8. The first-order valence-corrected chi connectivity index (χ1v) is 8.57. The highest BCUT2D eigenvalue weighted by Crippen LogP contribution is 2.17. The van der Waals surface area contributed by atoms with E-state index in [1.165, 1.54) is 54.8 Å². The van der Waals surface area contributed by atoms with E-state index in [4.69, 9.17) is 9.47 Å². The van der Waals surface area contributed by atoms with Crippen LogP contribution in [-0.2, 0) is 18.0 Å². The van der Waals surface area contributed by atoms with E-state index in [2.05, 4.69) is 9.97 Å². The Morgan fingerprint density at radius 2 is 2.00 bits per heavy atom. The van der Waals surface area contributed by atoms with E-state index in [1.807, 2.05) is 0 Å². The first-order valence-electron chi connectivity index (χ1n) is 7.69. The smallest absolute Gasteiger partial charge is 0.355 e. The van der Waals surface area contributed by atoms with Crippen LogP contribution >= 0.6 is 11.3 Å². The minimum atomic E-state index is -0.561. The van der Waals surface area contributed by atoms with Crippen LogP contribution in [0, 0.1) is 5.82 Å². The van der Waals surface area contributed by atoms with Crippen molar-refractivity contribution in [2.75, 3.05) is 0 Å². The number of benzene rings is 1. The van der Waals surface area contributed by atoms with Crippen molar-refractivity contribution in [3.8, 4) is 5.75 Å². The highest BCUT2D eigenvalue weighted by atomic mass is 32.1. The van der Waals surface area contributed by atoms with Crippen molar-refractivity contribution in [3.63, 3.8) is 0 Å². The van der Waals surface area contributed by atoms with Crippen LogP contribution in [0.4, 0.5) is 4.39 Å². The summed E-state index contributed by atoms with van der Waals surface area (Å²) in [6.45, 7) is 1.67. The monoisotopic (exact) mass is 374 g/mol. The maximum Gasteiger partial charge on any atom is 0.355 e. The summed E-state index contributed by atoms with van der Waals surface area (Å²) in [5, 5.41) is 2.48. The molecule has 0 unspecified atom stereocenters. The quantitative estimate of drug-likeness (QED) is 0.503. The Kier molecular flexibility index (Phi) is 5.43. The van der Waals surface area contributed by atoms with Crippen LogP contribution in [-0.4, -0.2) is 21.7 Å². The zero-order chi connectivity index (χ0) is 18.5. The Hall–Kier alpha value is -3.00. The van der Waals surface area contributed by atoms with Gasteiger partial charge in [-0.05, 0) is 37.3 Å². The Bertz CT molecular complexity index is 917. The number of aromatic nitrogens is 2. The van der Waals surface area contributed by atoms with Crippen molar-refractivity contribution in [2.45, 2.75) is 20.1 Å². The second-order valence-electron chi connectivity index (χ2n) is 5.41. The summed E-state index contributed by atoms with van der Waals surface area (Å²) in [5.41, 5.74) is 1.23. The number of nitrogens with one attached hydrogen (secondary N) is 1. The van der Waals surface area contributed by atoms with Crippen LogP contribution in [0.3, 0.4) is 0 Å². The first-order chi connectivity index (χ1) is 12.5. The summed E-state index contributed by atoms with van der Waals surface area (Å²) in [5.74, 6) is -0.476. The molecule has 0 radical (unpaired) electrons. The van der Waals surface area contributed by atoms with Crippen LogP contribution in [0.25, 0.3) is 0 Å². The number of carbonyl (C=O) groups excluding carboxylic acids is 2. The van der Waals surface area contributed by atoms with Crippen LogP contribution in [0.2, 0.25) is 0 Å². The number of Topliss-reactive ketones (excluding diaryl/α,β-unsaturated/α-hetero) is 1. The molecule has 1 aromatic carbocycles. The summed E-state index contributed by atoms with van der Waals surface area (Å²) < 4.78 is 23.5. The van der Waals surface area contributed by atoms with Gasteiger partial charge in [0.25, 0.3) is 0 Å². The maximum absolute atomic E-state index is 12.8. The topological polar surface area (TPSA) is 81.3 Å². The van der Waals surface area contributed by atoms with E-state index in [1.54, 1.807) is 5.38 Å². The number of halogens is 1. The van der Waals surface area contributed by atoms with Gasteiger partial charge < -0.3 is 14.5 Å². The molecule has 0 aliphatic heterocycles. The molecule has 0 saturated carbocycles. The highest BCUT2D eigenvalue weighted by Gasteiger charge is 2.13. The molecule has 8 heteroatoms. The van der Waals surface area contributed by atoms with Gasteiger partial charge in [0.05, 0.1) is 5.69 Å². The molecule has 3 rings (SSSR count). The number of hydrogen-bond donors (Lipinski definition) is 1. The number of aromatic amines is 1. The normalized spacial score (nSPS) is 10.5. The predicted octanol–water partition coefficient (Wildman–Crippen LogP) is 3.75. The Balaban J connectivity index is 1.50. The SMILES string of the molecule is CC(=O)c1c[nH]c(C(=O)OCc2csc(COc3ccc(F)cc3)n2)c1. The number of hydrogen-bond acceptors (Lipinski definition) is 6. The standard InChI is InChI=1S/C18H15FN2O4S/c1-11(22)12-6-16(20-7-12)18(23)25-8-14-10-26-17(21-14)9-24-15-4-2-13(19)3-5-15/h2-7,10,20H,8-9H2,1H3. The molecule has 6 nitrogen and oxygen atoms in total. The van der Waals surface area contributed by atoms with Crippen molar-refractivity contribution >= 4 is 23.1 Å². The van der Waals surface area contributed by atoms with Crippen LogP contribution in [0.1, 0.15) is 38.5 Å². The van der Waals surface area contributed by atoms with E-state index < -0.39 is 5.97 Å². The molecule has 0 fully saturated rings. The second-order valence-corrected chi connectivity index (χ2v) is 6.35. The molecule has 0 spiro atoms. The largest absolute Gasteiger partial charge is 0.486 e. The van der Waals surface area contributed by atoms with Gasteiger partial charge >= 0.3 is 5.97 Å².